The van der Waals surface area contributed by atoms with Gasteiger partial charge in [-0.15, -0.1) is 0 Å². The lowest BCUT2D eigenvalue weighted by Crippen LogP contribution is -2.48. The molecule has 1 aliphatic carbocycles. The fourth-order valence-corrected chi connectivity index (χ4v) is 8.39. The second-order valence-corrected chi connectivity index (χ2v) is 13.2. The highest BCUT2D eigenvalue weighted by Crippen LogP contribution is 2.33. The highest BCUT2D eigenvalue weighted by atomic mass is 32.2. The Morgan fingerprint density at radius 3 is 2.18 bits per heavy atom. The zero-order chi connectivity index (χ0) is 26.3. The highest BCUT2D eigenvalue weighted by molar-refractivity contribution is 7.89. The number of hydrogen-bond donors (Lipinski definition) is 0. The number of anilines is 2. The molecular formula is C31H40N4O2S. The van der Waals surface area contributed by atoms with Crippen molar-refractivity contribution in [2.75, 3.05) is 63.2 Å². The van der Waals surface area contributed by atoms with Crippen LogP contribution in [-0.4, -0.2) is 77.0 Å². The summed E-state index contributed by atoms with van der Waals surface area (Å²) in [6.07, 6.45) is 7.76. The zero-order valence-corrected chi connectivity index (χ0v) is 23.6. The minimum absolute atomic E-state index is 0.406. The third-order valence-electron chi connectivity index (χ3n) is 8.93. The number of rotatable bonds is 5. The number of nitrogens with zero attached hydrogens (tertiary/aromatic N) is 4. The maximum Gasteiger partial charge on any atom is 0.243 e. The average Bonchev–Trinajstić information content (AvgIpc) is 3.39. The Kier molecular flexibility index (Phi) is 7.10. The summed E-state index contributed by atoms with van der Waals surface area (Å²) in [6.45, 7) is 4.75. The lowest BCUT2D eigenvalue weighted by molar-refractivity contribution is 0.208. The molecule has 7 heteroatoms. The summed E-state index contributed by atoms with van der Waals surface area (Å²) in [6, 6.07) is 19.3. The van der Waals surface area contributed by atoms with Crippen LogP contribution in [0.1, 0.15) is 36.8 Å². The van der Waals surface area contributed by atoms with Gasteiger partial charge in [-0.05, 0) is 61.1 Å². The van der Waals surface area contributed by atoms with Gasteiger partial charge < -0.3 is 9.80 Å². The molecule has 6 rings (SSSR count). The average molecular weight is 533 g/mol. The van der Waals surface area contributed by atoms with Gasteiger partial charge in [-0.3, -0.25) is 4.90 Å². The van der Waals surface area contributed by atoms with Crippen LogP contribution in [0, 0.1) is 0 Å². The Morgan fingerprint density at radius 1 is 0.763 bits per heavy atom. The van der Waals surface area contributed by atoms with Gasteiger partial charge in [0.15, 0.2) is 0 Å². The largest absolute Gasteiger partial charge is 0.377 e. The van der Waals surface area contributed by atoms with E-state index in [9.17, 15) is 8.42 Å². The summed E-state index contributed by atoms with van der Waals surface area (Å²) >= 11 is 0. The van der Waals surface area contributed by atoms with E-state index in [4.69, 9.17) is 0 Å². The molecule has 0 radical (unpaired) electrons. The molecule has 0 bridgehead atoms. The molecule has 0 spiro atoms. The molecule has 0 atom stereocenters. The van der Waals surface area contributed by atoms with Crippen molar-refractivity contribution in [3.05, 3.63) is 65.7 Å². The van der Waals surface area contributed by atoms with Crippen molar-refractivity contribution in [1.82, 2.24) is 9.21 Å². The minimum atomic E-state index is -3.59. The van der Waals surface area contributed by atoms with Crippen LogP contribution in [0.5, 0.6) is 0 Å². The molecular weight excluding hydrogens is 492 g/mol. The summed E-state index contributed by atoms with van der Waals surface area (Å²) in [5, 5.41) is 1.76. The van der Waals surface area contributed by atoms with E-state index in [2.05, 4.69) is 28.0 Å². The monoisotopic (exact) mass is 532 g/mol. The summed E-state index contributed by atoms with van der Waals surface area (Å²) < 4.78 is 29.2. The van der Waals surface area contributed by atoms with E-state index >= 15 is 0 Å². The van der Waals surface area contributed by atoms with Crippen molar-refractivity contribution in [2.45, 2.75) is 49.5 Å². The van der Waals surface area contributed by atoms with Gasteiger partial charge in [-0.2, -0.15) is 4.31 Å². The van der Waals surface area contributed by atoms with Crippen LogP contribution in [0.25, 0.3) is 10.8 Å². The summed E-state index contributed by atoms with van der Waals surface area (Å²) in [5.74, 6) is 0. The summed E-state index contributed by atoms with van der Waals surface area (Å²) in [5.41, 5.74) is 5.23. The number of fused-ring (bicyclic) bond motifs is 2. The van der Waals surface area contributed by atoms with E-state index in [-0.39, 0.29) is 0 Å². The number of benzene rings is 3. The second-order valence-electron chi connectivity index (χ2n) is 11.3. The van der Waals surface area contributed by atoms with Gasteiger partial charge >= 0.3 is 0 Å². The first kappa shape index (κ1) is 25.7. The van der Waals surface area contributed by atoms with E-state index in [1.165, 1.54) is 49.0 Å². The standard InChI is InChI=1S/C31H40N4O2S/c1-32(2)30-11-5-10-29-28(30)9-6-12-31(29)38(36,37)35-21-19-34(20-22-35)27-14-13-24-15-17-33(18-16-25(24)23-27)26-7-3-4-8-26/h5-6,9-14,23,26H,3-4,7-8,15-22H2,1-2H3. The van der Waals surface area contributed by atoms with Crippen molar-refractivity contribution in [3.63, 3.8) is 0 Å². The van der Waals surface area contributed by atoms with Gasteiger partial charge in [-0.1, -0.05) is 43.2 Å². The SMILES string of the molecule is CN(C)c1cccc2c(S(=O)(=O)N3CCN(c4ccc5c(c4)CCN(C4CCCC4)CC5)CC3)cccc12. The predicted molar refractivity (Wildman–Crippen MR) is 157 cm³/mol. The van der Waals surface area contributed by atoms with E-state index in [0.717, 1.165) is 41.9 Å². The lowest BCUT2D eigenvalue weighted by atomic mass is 10.0. The van der Waals surface area contributed by atoms with Gasteiger partial charge in [0.2, 0.25) is 10.0 Å². The van der Waals surface area contributed by atoms with Gasteiger partial charge in [-0.25, -0.2) is 8.42 Å². The number of piperazine rings is 1. The third kappa shape index (κ3) is 4.80. The molecule has 3 aromatic carbocycles. The van der Waals surface area contributed by atoms with Crippen LogP contribution >= 0.6 is 0 Å². The van der Waals surface area contributed by atoms with Crippen molar-refractivity contribution in [3.8, 4) is 0 Å². The first-order valence-corrected chi connectivity index (χ1v) is 15.7. The third-order valence-corrected chi connectivity index (χ3v) is 10.9. The Bertz CT molecular complexity index is 1410. The van der Waals surface area contributed by atoms with Crippen molar-refractivity contribution >= 4 is 32.2 Å². The fourth-order valence-electron chi connectivity index (χ4n) is 6.77. The van der Waals surface area contributed by atoms with Gasteiger partial charge in [0.1, 0.15) is 0 Å². The van der Waals surface area contributed by atoms with E-state index in [1.807, 2.05) is 49.3 Å². The molecule has 2 heterocycles. The van der Waals surface area contributed by atoms with Crippen LogP contribution in [0.15, 0.2) is 59.5 Å². The molecule has 0 amide bonds. The molecule has 1 saturated heterocycles. The first-order valence-electron chi connectivity index (χ1n) is 14.2. The molecule has 1 saturated carbocycles. The Balaban J connectivity index is 1.16. The molecule has 3 aromatic rings. The predicted octanol–water partition coefficient (Wildman–Crippen LogP) is 4.76. The quantitative estimate of drug-likeness (QED) is 0.474. The van der Waals surface area contributed by atoms with Crippen LogP contribution in [0.4, 0.5) is 11.4 Å². The maximum atomic E-state index is 13.8. The molecule has 0 aromatic heterocycles. The Hall–Kier alpha value is -2.61. The molecule has 6 nitrogen and oxygen atoms in total. The fraction of sp³-hybridized carbons (Fsp3) is 0.484. The van der Waals surface area contributed by atoms with Crippen LogP contribution in [-0.2, 0) is 22.9 Å². The van der Waals surface area contributed by atoms with E-state index in [0.29, 0.717) is 31.1 Å². The number of hydrogen-bond acceptors (Lipinski definition) is 5. The highest BCUT2D eigenvalue weighted by Gasteiger charge is 2.31. The molecule has 3 aliphatic rings. The van der Waals surface area contributed by atoms with E-state index < -0.39 is 10.0 Å². The van der Waals surface area contributed by atoms with E-state index in [1.54, 1.807) is 10.4 Å². The van der Waals surface area contributed by atoms with Crippen LogP contribution < -0.4 is 9.80 Å². The van der Waals surface area contributed by atoms with Crippen molar-refractivity contribution in [2.24, 2.45) is 0 Å². The Morgan fingerprint density at radius 2 is 1.45 bits per heavy atom. The normalized spacial score (nSPS) is 20.0. The summed E-state index contributed by atoms with van der Waals surface area (Å²) in [4.78, 5) is 7.53. The maximum absolute atomic E-state index is 13.8. The smallest absolute Gasteiger partial charge is 0.243 e. The molecule has 2 fully saturated rings. The molecule has 2 aliphatic heterocycles. The summed E-state index contributed by atoms with van der Waals surface area (Å²) in [7, 11) is 0.391. The first-order chi connectivity index (χ1) is 18.4. The Labute approximate surface area is 227 Å². The van der Waals surface area contributed by atoms with Crippen LogP contribution in [0.2, 0.25) is 0 Å². The van der Waals surface area contributed by atoms with Gasteiger partial charge in [0.25, 0.3) is 0 Å². The molecule has 202 valence electrons. The lowest BCUT2D eigenvalue weighted by Gasteiger charge is -2.36. The molecule has 0 N–H and O–H groups in total. The van der Waals surface area contributed by atoms with Crippen molar-refractivity contribution in [1.29, 1.82) is 0 Å². The molecule has 38 heavy (non-hydrogen) atoms. The van der Waals surface area contributed by atoms with Gasteiger partial charge in [0.05, 0.1) is 4.90 Å². The molecule has 0 unspecified atom stereocenters. The number of sulfonamides is 1. The van der Waals surface area contributed by atoms with Crippen LogP contribution in [0.3, 0.4) is 0 Å². The van der Waals surface area contributed by atoms with Crippen molar-refractivity contribution < 1.29 is 8.42 Å². The minimum Gasteiger partial charge on any atom is -0.377 e. The topological polar surface area (TPSA) is 47.1 Å². The van der Waals surface area contributed by atoms with Gasteiger partial charge in [0, 0.05) is 81.6 Å². The second kappa shape index (κ2) is 10.5. The zero-order valence-electron chi connectivity index (χ0n) is 22.8.